The maximum absolute atomic E-state index is 12.5. The first kappa shape index (κ1) is 14.2. The number of amides is 1. The minimum atomic E-state index is -0.173. The van der Waals surface area contributed by atoms with Crippen molar-refractivity contribution >= 4 is 11.6 Å². The number of rotatable bonds is 2. The van der Waals surface area contributed by atoms with Crippen LogP contribution in [0.15, 0.2) is 18.2 Å². The standard InChI is InChI=1S/C18H21NO2/c1-12-4-7-17(15(9-12)3-2-8-20)19-18(21)16-11-13-5-6-14(16)10-13/h4,7,9,13-14,16,20H,5-6,8,10-11H2,1H3,(H,19,21). The van der Waals surface area contributed by atoms with E-state index in [4.69, 9.17) is 5.11 Å². The molecule has 1 aromatic rings. The first-order valence-electron chi connectivity index (χ1n) is 7.68. The van der Waals surface area contributed by atoms with Crippen LogP contribution in [-0.4, -0.2) is 17.6 Å². The van der Waals surface area contributed by atoms with Crippen LogP contribution in [-0.2, 0) is 4.79 Å². The van der Waals surface area contributed by atoms with E-state index in [9.17, 15) is 4.79 Å². The molecule has 2 aliphatic rings. The third-order valence-corrected chi connectivity index (χ3v) is 4.81. The third kappa shape index (κ3) is 2.96. The summed E-state index contributed by atoms with van der Waals surface area (Å²) < 4.78 is 0. The first-order valence-corrected chi connectivity index (χ1v) is 7.68. The Labute approximate surface area is 125 Å². The lowest BCUT2D eigenvalue weighted by atomic mass is 9.88. The van der Waals surface area contributed by atoms with Gasteiger partial charge in [0.1, 0.15) is 6.61 Å². The fourth-order valence-corrected chi connectivity index (χ4v) is 3.80. The largest absolute Gasteiger partial charge is 0.384 e. The summed E-state index contributed by atoms with van der Waals surface area (Å²) in [5.41, 5.74) is 2.63. The molecular formula is C18H21NO2. The third-order valence-electron chi connectivity index (χ3n) is 4.81. The van der Waals surface area contributed by atoms with Gasteiger partial charge in [-0.1, -0.05) is 24.3 Å². The number of benzene rings is 1. The fraction of sp³-hybridized carbons (Fsp3) is 0.500. The zero-order valence-corrected chi connectivity index (χ0v) is 12.4. The Morgan fingerprint density at radius 1 is 1.38 bits per heavy atom. The highest BCUT2D eigenvalue weighted by molar-refractivity contribution is 5.94. The predicted octanol–water partition coefficient (Wildman–Crippen LogP) is 2.71. The van der Waals surface area contributed by atoms with E-state index >= 15 is 0 Å². The molecule has 3 heteroatoms. The van der Waals surface area contributed by atoms with Gasteiger partial charge in [-0.25, -0.2) is 0 Å². The molecule has 0 heterocycles. The van der Waals surface area contributed by atoms with Crippen molar-refractivity contribution in [2.75, 3.05) is 11.9 Å². The molecule has 1 aromatic carbocycles. The van der Waals surface area contributed by atoms with Crippen molar-refractivity contribution in [1.82, 2.24) is 0 Å². The molecule has 1 amide bonds. The summed E-state index contributed by atoms with van der Waals surface area (Å²) in [7, 11) is 0. The van der Waals surface area contributed by atoms with Crippen molar-refractivity contribution in [1.29, 1.82) is 0 Å². The molecule has 0 aliphatic heterocycles. The minimum Gasteiger partial charge on any atom is -0.384 e. The summed E-state index contributed by atoms with van der Waals surface area (Å²) in [6.07, 6.45) is 4.77. The van der Waals surface area contributed by atoms with Crippen molar-refractivity contribution in [3.8, 4) is 11.8 Å². The lowest BCUT2D eigenvalue weighted by Gasteiger charge is -2.21. The Kier molecular flexibility index (Phi) is 3.98. The number of anilines is 1. The molecule has 2 aliphatic carbocycles. The molecule has 2 bridgehead atoms. The summed E-state index contributed by atoms with van der Waals surface area (Å²) in [5.74, 6) is 7.22. The normalized spacial score (nSPS) is 26.3. The summed E-state index contributed by atoms with van der Waals surface area (Å²) >= 11 is 0. The second kappa shape index (κ2) is 5.91. The van der Waals surface area contributed by atoms with E-state index < -0.39 is 0 Å². The van der Waals surface area contributed by atoms with Crippen LogP contribution < -0.4 is 5.32 Å². The van der Waals surface area contributed by atoms with E-state index in [0.717, 1.165) is 29.2 Å². The summed E-state index contributed by atoms with van der Waals surface area (Å²) in [5, 5.41) is 11.9. The molecular weight excluding hydrogens is 262 g/mol. The molecule has 2 fully saturated rings. The van der Waals surface area contributed by atoms with Gasteiger partial charge in [-0.15, -0.1) is 0 Å². The topological polar surface area (TPSA) is 49.3 Å². The molecule has 110 valence electrons. The number of hydrogen-bond acceptors (Lipinski definition) is 2. The van der Waals surface area contributed by atoms with Crippen molar-refractivity contribution in [2.45, 2.75) is 32.6 Å². The average Bonchev–Trinajstić information content (AvgIpc) is 3.10. The van der Waals surface area contributed by atoms with Crippen LogP contribution in [0.1, 0.15) is 36.8 Å². The average molecular weight is 283 g/mol. The Balaban J connectivity index is 1.76. The van der Waals surface area contributed by atoms with E-state index in [1.807, 2.05) is 25.1 Å². The number of aryl methyl sites for hydroxylation is 1. The van der Waals surface area contributed by atoms with Crippen LogP contribution in [0.2, 0.25) is 0 Å². The number of nitrogens with one attached hydrogen (secondary N) is 1. The lowest BCUT2D eigenvalue weighted by Crippen LogP contribution is -2.27. The molecule has 3 rings (SSSR count). The molecule has 2 N–H and O–H groups in total. The van der Waals surface area contributed by atoms with Crippen molar-refractivity contribution in [3.63, 3.8) is 0 Å². The van der Waals surface area contributed by atoms with E-state index in [-0.39, 0.29) is 18.4 Å². The molecule has 0 radical (unpaired) electrons. The van der Waals surface area contributed by atoms with Crippen LogP contribution in [0.25, 0.3) is 0 Å². The zero-order chi connectivity index (χ0) is 14.8. The molecule has 0 saturated heterocycles. The maximum atomic E-state index is 12.5. The summed E-state index contributed by atoms with van der Waals surface area (Å²) in [6.45, 7) is 1.82. The van der Waals surface area contributed by atoms with Gasteiger partial charge in [-0.2, -0.15) is 0 Å². The van der Waals surface area contributed by atoms with E-state index in [0.29, 0.717) is 5.92 Å². The summed E-state index contributed by atoms with van der Waals surface area (Å²) in [4.78, 5) is 12.5. The lowest BCUT2D eigenvalue weighted by molar-refractivity contribution is -0.121. The second-order valence-electron chi connectivity index (χ2n) is 6.28. The van der Waals surface area contributed by atoms with Gasteiger partial charge in [0.05, 0.1) is 5.69 Å². The van der Waals surface area contributed by atoms with Crippen LogP contribution >= 0.6 is 0 Å². The van der Waals surface area contributed by atoms with Crippen LogP contribution in [0.3, 0.4) is 0 Å². The summed E-state index contributed by atoms with van der Waals surface area (Å²) in [6, 6.07) is 5.82. The van der Waals surface area contributed by atoms with Crippen LogP contribution in [0.4, 0.5) is 5.69 Å². The number of hydrogen-bond donors (Lipinski definition) is 2. The quantitative estimate of drug-likeness (QED) is 0.820. The monoisotopic (exact) mass is 283 g/mol. The van der Waals surface area contributed by atoms with Crippen molar-refractivity contribution in [2.24, 2.45) is 17.8 Å². The highest BCUT2D eigenvalue weighted by Gasteiger charge is 2.43. The van der Waals surface area contributed by atoms with Gasteiger partial charge >= 0.3 is 0 Å². The number of fused-ring (bicyclic) bond motifs is 2. The van der Waals surface area contributed by atoms with Crippen molar-refractivity contribution in [3.05, 3.63) is 29.3 Å². The van der Waals surface area contributed by atoms with Gasteiger partial charge in [0.15, 0.2) is 0 Å². The molecule has 3 atom stereocenters. The van der Waals surface area contributed by atoms with Gasteiger partial charge < -0.3 is 10.4 Å². The number of carbonyl (C=O) groups is 1. The van der Waals surface area contributed by atoms with Gasteiger partial charge in [0.25, 0.3) is 0 Å². The Hall–Kier alpha value is -1.79. The Morgan fingerprint density at radius 2 is 2.24 bits per heavy atom. The maximum Gasteiger partial charge on any atom is 0.227 e. The SMILES string of the molecule is Cc1ccc(NC(=O)C2CC3CCC2C3)c(C#CCO)c1. The Bertz CT molecular complexity index is 611. The van der Waals surface area contributed by atoms with Gasteiger partial charge in [0.2, 0.25) is 5.91 Å². The van der Waals surface area contributed by atoms with Crippen LogP contribution in [0.5, 0.6) is 0 Å². The van der Waals surface area contributed by atoms with Gasteiger partial charge in [-0.3, -0.25) is 4.79 Å². The minimum absolute atomic E-state index is 0.137. The zero-order valence-electron chi connectivity index (χ0n) is 12.4. The highest BCUT2D eigenvalue weighted by atomic mass is 16.2. The van der Waals surface area contributed by atoms with Gasteiger partial charge in [0, 0.05) is 11.5 Å². The van der Waals surface area contributed by atoms with E-state index in [1.165, 1.54) is 19.3 Å². The smallest absolute Gasteiger partial charge is 0.227 e. The molecule has 3 nitrogen and oxygen atoms in total. The van der Waals surface area contributed by atoms with E-state index in [1.54, 1.807) is 0 Å². The van der Waals surface area contributed by atoms with Gasteiger partial charge in [-0.05, 0) is 55.7 Å². The first-order chi connectivity index (χ1) is 10.2. The molecule has 2 saturated carbocycles. The Morgan fingerprint density at radius 3 is 2.90 bits per heavy atom. The van der Waals surface area contributed by atoms with E-state index in [2.05, 4.69) is 17.2 Å². The fourth-order valence-electron chi connectivity index (χ4n) is 3.80. The number of aliphatic hydroxyl groups is 1. The molecule has 3 unspecified atom stereocenters. The predicted molar refractivity (Wildman–Crippen MR) is 82.7 cm³/mol. The number of aliphatic hydroxyl groups excluding tert-OH is 1. The molecule has 21 heavy (non-hydrogen) atoms. The van der Waals surface area contributed by atoms with Crippen LogP contribution in [0, 0.1) is 36.5 Å². The highest BCUT2D eigenvalue weighted by Crippen LogP contribution is 2.48. The molecule has 0 spiro atoms. The molecule has 0 aromatic heterocycles. The van der Waals surface area contributed by atoms with Crippen molar-refractivity contribution < 1.29 is 9.90 Å². The number of carbonyl (C=O) groups excluding carboxylic acids is 1. The second-order valence-corrected chi connectivity index (χ2v) is 6.28.